The number of carboxylic acid groups (broad SMARTS) is 1. The molecule has 7 heteroatoms. The number of carbonyl (C=O) groups excluding carboxylic acids is 2. The van der Waals surface area contributed by atoms with E-state index in [0.717, 1.165) is 0 Å². The van der Waals surface area contributed by atoms with Gasteiger partial charge < -0.3 is 21.1 Å². The molecule has 0 unspecified atom stereocenters. The maximum atomic E-state index is 12.3. The van der Waals surface area contributed by atoms with E-state index in [9.17, 15) is 19.5 Å². The number of carboxylic acids is 1. The number of carbonyl (C=O) groups is 3. The summed E-state index contributed by atoms with van der Waals surface area (Å²) in [6.45, 7) is 6.78. The molecule has 0 aliphatic rings. The number of aliphatic carboxylic acids is 1. The van der Waals surface area contributed by atoms with E-state index in [2.05, 4.69) is 16.0 Å². The number of nitrogens with one attached hydrogen (secondary N) is 3. The zero-order valence-corrected chi connectivity index (χ0v) is 14.4. The van der Waals surface area contributed by atoms with Crippen LogP contribution in [0.25, 0.3) is 0 Å². The van der Waals surface area contributed by atoms with Gasteiger partial charge in [-0.25, -0.2) is 9.59 Å². The van der Waals surface area contributed by atoms with Gasteiger partial charge in [0.15, 0.2) is 0 Å². The first kappa shape index (κ1) is 19.5. The van der Waals surface area contributed by atoms with E-state index in [0.29, 0.717) is 12.1 Å². The van der Waals surface area contributed by atoms with Gasteiger partial charge in [0.1, 0.15) is 11.6 Å². The Morgan fingerprint density at radius 1 is 1.12 bits per heavy atom. The van der Waals surface area contributed by atoms with Gasteiger partial charge in [-0.2, -0.15) is 0 Å². The summed E-state index contributed by atoms with van der Waals surface area (Å²) in [4.78, 5) is 35.6. The molecular weight excluding hydrogens is 310 g/mol. The van der Waals surface area contributed by atoms with Crippen LogP contribution in [0.3, 0.4) is 0 Å². The molecule has 4 N–H and O–H groups in total. The smallest absolute Gasteiger partial charge is 0.326 e. The third-order valence-corrected chi connectivity index (χ3v) is 3.34. The van der Waals surface area contributed by atoms with E-state index >= 15 is 0 Å². The van der Waals surface area contributed by atoms with Crippen molar-refractivity contribution in [2.75, 3.05) is 5.32 Å². The topological polar surface area (TPSA) is 108 Å². The molecule has 24 heavy (non-hydrogen) atoms. The molecule has 1 aromatic rings. The molecule has 0 radical (unpaired) electrons. The summed E-state index contributed by atoms with van der Waals surface area (Å²) in [5.74, 6) is -1.54. The van der Waals surface area contributed by atoms with Crippen LogP contribution in [0.15, 0.2) is 30.3 Å². The standard InChI is InChI=1S/C17H25N3O4/c1-11(2)10-13(14(21)22)19-15(23)17(3,4)20-16(24)18-12-8-6-5-7-9-12/h5-9,11,13H,10H2,1-4H3,(H,19,23)(H,21,22)(H2,18,20,24)/t13-/m1/s1. The summed E-state index contributed by atoms with van der Waals surface area (Å²) >= 11 is 0. The summed E-state index contributed by atoms with van der Waals surface area (Å²) in [7, 11) is 0. The van der Waals surface area contributed by atoms with Crippen LogP contribution in [0.4, 0.5) is 10.5 Å². The zero-order valence-electron chi connectivity index (χ0n) is 14.4. The van der Waals surface area contributed by atoms with Gasteiger partial charge in [0.25, 0.3) is 0 Å². The quantitative estimate of drug-likeness (QED) is 0.612. The highest BCUT2D eigenvalue weighted by Crippen LogP contribution is 2.10. The van der Waals surface area contributed by atoms with E-state index in [1.807, 2.05) is 19.9 Å². The van der Waals surface area contributed by atoms with Crippen molar-refractivity contribution in [2.45, 2.75) is 45.7 Å². The van der Waals surface area contributed by atoms with Crippen LogP contribution in [0.2, 0.25) is 0 Å². The first-order valence-corrected chi connectivity index (χ1v) is 7.80. The van der Waals surface area contributed by atoms with Crippen LogP contribution in [-0.4, -0.2) is 34.6 Å². The highest BCUT2D eigenvalue weighted by Gasteiger charge is 2.33. The Morgan fingerprint density at radius 2 is 1.71 bits per heavy atom. The van der Waals surface area contributed by atoms with Crippen LogP contribution in [0.5, 0.6) is 0 Å². The molecule has 0 saturated carbocycles. The van der Waals surface area contributed by atoms with Crippen molar-refractivity contribution in [2.24, 2.45) is 5.92 Å². The molecule has 0 spiro atoms. The van der Waals surface area contributed by atoms with E-state index < -0.39 is 29.5 Å². The SMILES string of the molecule is CC(C)C[C@@H](NC(=O)C(C)(C)NC(=O)Nc1ccccc1)C(=O)O. The first-order valence-electron chi connectivity index (χ1n) is 7.80. The van der Waals surface area contributed by atoms with Crippen molar-refractivity contribution in [3.8, 4) is 0 Å². The second-order valence-corrected chi connectivity index (χ2v) is 6.56. The Labute approximate surface area is 141 Å². The molecule has 0 fully saturated rings. The summed E-state index contributed by atoms with van der Waals surface area (Å²) in [5, 5.41) is 16.8. The number of amides is 3. The largest absolute Gasteiger partial charge is 0.480 e. The summed E-state index contributed by atoms with van der Waals surface area (Å²) in [6, 6.07) is 7.27. The molecule has 132 valence electrons. The summed E-state index contributed by atoms with van der Waals surface area (Å²) in [6.07, 6.45) is 0.313. The molecule has 1 aromatic carbocycles. The molecule has 3 amide bonds. The van der Waals surface area contributed by atoms with Gasteiger partial charge in [-0.15, -0.1) is 0 Å². The molecule has 0 saturated heterocycles. The molecule has 0 aliphatic carbocycles. The minimum Gasteiger partial charge on any atom is -0.480 e. The predicted molar refractivity (Wildman–Crippen MR) is 91.7 cm³/mol. The number of hydrogen-bond donors (Lipinski definition) is 4. The average molecular weight is 335 g/mol. The highest BCUT2D eigenvalue weighted by molar-refractivity contribution is 5.96. The van der Waals surface area contributed by atoms with Gasteiger partial charge >= 0.3 is 12.0 Å². The van der Waals surface area contributed by atoms with Crippen LogP contribution in [0.1, 0.15) is 34.1 Å². The Morgan fingerprint density at radius 3 is 2.21 bits per heavy atom. The van der Waals surface area contributed by atoms with Crippen LogP contribution in [-0.2, 0) is 9.59 Å². The van der Waals surface area contributed by atoms with Crippen LogP contribution >= 0.6 is 0 Å². The van der Waals surface area contributed by atoms with Crippen molar-refractivity contribution in [1.82, 2.24) is 10.6 Å². The number of rotatable bonds is 7. The van der Waals surface area contributed by atoms with Crippen molar-refractivity contribution in [3.05, 3.63) is 30.3 Å². The average Bonchev–Trinajstić information content (AvgIpc) is 2.46. The lowest BCUT2D eigenvalue weighted by Crippen LogP contribution is -2.58. The first-order chi connectivity index (χ1) is 11.1. The number of anilines is 1. The number of urea groups is 1. The third kappa shape index (κ3) is 6.28. The Balaban J connectivity index is 2.66. The molecule has 1 rings (SSSR count). The lowest BCUT2D eigenvalue weighted by molar-refractivity contribution is -0.143. The normalized spacial score (nSPS) is 12.4. The number of hydrogen-bond acceptors (Lipinski definition) is 3. The maximum Gasteiger partial charge on any atom is 0.326 e. The van der Waals surface area contributed by atoms with Gasteiger partial charge in [0, 0.05) is 5.69 Å². The fourth-order valence-electron chi connectivity index (χ4n) is 2.06. The van der Waals surface area contributed by atoms with Gasteiger partial charge in [-0.3, -0.25) is 4.79 Å². The summed E-state index contributed by atoms with van der Waals surface area (Å²) < 4.78 is 0. The van der Waals surface area contributed by atoms with Crippen molar-refractivity contribution >= 4 is 23.6 Å². The molecule has 0 bridgehead atoms. The van der Waals surface area contributed by atoms with E-state index in [1.165, 1.54) is 13.8 Å². The monoisotopic (exact) mass is 335 g/mol. The lowest BCUT2D eigenvalue weighted by Gasteiger charge is -2.27. The Kier molecular flexibility index (Phi) is 6.76. The Bertz CT molecular complexity index is 585. The molecule has 0 aromatic heterocycles. The fourth-order valence-corrected chi connectivity index (χ4v) is 2.06. The minimum atomic E-state index is -1.26. The predicted octanol–water partition coefficient (Wildman–Crippen LogP) is 2.20. The van der Waals surface area contributed by atoms with Crippen molar-refractivity contribution in [1.29, 1.82) is 0 Å². The van der Waals surface area contributed by atoms with E-state index in [4.69, 9.17) is 0 Å². The Hall–Kier alpha value is -2.57. The molecular formula is C17H25N3O4. The van der Waals surface area contributed by atoms with Crippen molar-refractivity contribution in [3.63, 3.8) is 0 Å². The van der Waals surface area contributed by atoms with Gasteiger partial charge in [-0.1, -0.05) is 32.0 Å². The number of benzene rings is 1. The third-order valence-electron chi connectivity index (χ3n) is 3.34. The van der Waals surface area contributed by atoms with E-state index in [-0.39, 0.29) is 5.92 Å². The van der Waals surface area contributed by atoms with Crippen LogP contribution < -0.4 is 16.0 Å². The van der Waals surface area contributed by atoms with Gasteiger partial charge in [0.2, 0.25) is 5.91 Å². The van der Waals surface area contributed by atoms with Gasteiger partial charge in [0.05, 0.1) is 0 Å². The maximum absolute atomic E-state index is 12.3. The molecule has 1 atom stereocenters. The number of para-hydroxylation sites is 1. The molecule has 0 heterocycles. The second-order valence-electron chi connectivity index (χ2n) is 6.56. The molecule has 0 aliphatic heterocycles. The van der Waals surface area contributed by atoms with E-state index in [1.54, 1.807) is 24.3 Å². The zero-order chi connectivity index (χ0) is 18.3. The molecule has 7 nitrogen and oxygen atoms in total. The summed E-state index contributed by atoms with van der Waals surface area (Å²) in [5.41, 5.74) is -0.668. The highest BCUT2D eigenvalue weighted by atomic mass is 16.4. The van der Waals surface area contributed by atoms with Crippen molar-refractivity contribution < 1.29 is 19.5 Å². The fraction of sp³-hybridized carbons (Fsp3) is 0.471. The van der Waals surface area contributed by atoms with Gasteiger partial charge in [-0.05, 0) is 38.3 Å². The second kappa shape index (κ2) is 8.33. The minimum absolute atomic E-state index is 0.115. The lowest BCUT2D eigenvalue weighted by atomic mass is 10.0. The van der Waals surface area contributed by atoms with Crippen LogP contribution in [0, 0.1) is 5.92 Å².